The SMILES string of the molecule is CSCCCCNc1nc(C2CC2)ns1. The molecule has 1 aliphatic carbocycles. The number of rotatable bonds is 7. The van der Waals surface area contributed by atoms with Crippen LogP contribution in [0.3, 0.4) is 0 Å². The zero-order valence-electron chi connectivity index (χ0n) is 9.03. The zero-order chi connectivity index (χ0) is 10.5. The van der Waals surface area contributed by atoms with Gasteiger partial charge < -0.3 is 5.32 Å². The van der Waals surface area contributed by atoms with Gasteiger partial charge in [-0.25, -0.2) is 4.98 Å². The highest BCUT2D eigenvalue weighted by Gasteiger charge is 2.27. The maximum Gasteiger partial charge on any atom is 0.202 e. The lowest BCUT2D eigenvalue weighted by atomic mass is 10.3. The fourth-order valence-corrected chi connectivity index (χ4v) is 2.54. The molecule has 15 heavy (non-hydrogen) atoms. The second-order valence-electron chi connectivity index (χ2n) is 3.86. The van der Waals surface area contributed by atoms with Crippen molar-refractivity contribution in [3.05, 3.63) is 5.82 Å². The number of aromatic nitrogens is 2. The summed E-state index contributed by atoms with van der Waals surface area (Å²) in [5, 5.41) is 4.34. The van der Waals surface area contributed by atoms with Gasteiger partial charge in [0.1, 0.15) is 5.82 Å². The van der Waals surface area contributed by atoms with Crippen molar-refractivity contribution in [1.29, 1.82) is 0 Å². The first-order valence-corrected chi connectivity index (χ1v) is 7.63. The molecule has 1 aliphatic rings. The third-order valence-corrected chi connectivity index (χ3v) is 3.82. The van der Waals surface area contributed by atoms with Crippen molar-refractivity contribution in [2.75, 3.05) is 23.9 Å². The summed E-state index contributed by atoms with van der Waals surface area (Å²) in [6, 6.07) is 0. The van der Waals surface area contributed by atoms with Gasteiger partial charge in [0.2, 0.25) is 5.13 Å². The van der Waals surface area contributed by atoms with Crippen LogP contribution in [0.4, 0.5) is 5.13 Å². The van der Waals surface area contributed by atoms with E-state index in [1.165, 1.54) is 43.0 Å². The van der Waals surface area contributed by atoms with Crippen LogP contribution in [-0.4, -0.2) is 27.9 Å². The van der Waals surface area contributed by atoms with E-state index in [1.54, 1.807) is 0 Å². The fraction of sp³-hybridized carbons (Fsp3) is 0.800. The Hall–Kier alpha value is -0.290. The van der Waals surface area contributed by atoms with Crippen LogP contribution in [0.2, 0.25) is 0 Å². The summed E-state index contributed by atoms with van der Waals surface area (Å²) in [6.07, 6.45) is 7.22. The van der Waals surface area contributed by atoms with Crippen molar-refractivity contribution in [2.45, 2.75) is 31.6 Å². The highest BCUT2D eigenvalue weighted by Crippen LogP contribution is 2.39. The van der Waals surface area contributed by atoms with Gasteiger partial charge >= 0.3 is 0 Å². The molecule has 0 saturated heterocycles. The maximum atomic E-state index is 4.48. The number of nitrogens with zero attached hydrogens (tertiary/aromatic N) is 2. The third kappa shape index (κ3) is 3.65. The lowest BCUT2D eigenvalue weighted by molar-refractivity contribution is 0.841. The Bertz CT molecular complexity index is 297. The Labute approximate surface area is 99.2 Å². The van der Waals surface area contributed by atoms with E-state index in [1.807, 2.05) is 11.8 Å². The zero-order valence-corrected chi connectivity index (χ0v) is 10.7. The predicted molar refractivity (Wildman–Crippen MR) is 68.0 cm³/mol. The lowest BCUT2D eigenvalue weighted by Crippen LogP contribution is -2.01. The predicted octanol–water partition coefficient (Wildman–Crippen LogP) is 2.97. The van der Waals surface area contributed by atoms with Crippen LogP contribution in [0, 0.1) is 0 Å². The summed E-state index contributed by atoms with van der Waals surface area (Å²) in [5.41, 5.74) is 0. The molecule has 1 heterocycles. The normalized spacial score (nSPS) is 15.5. The largest absolute Gasteiger partial charge is 0.360 e. The molecule has 0 radical (unpaired) electrons. The van der Waals surface area contributed by atoms with E-state index in [0.717, 1.165) is 17.5 Å². The summed E-state index contributed by atoms with van der Waals surface area (Å²) in [6.45, 7) is 1.03. The molecule has 0 spiro atoms. The Kier molecular flexibility index (Phi) is 4.26. The van der Waals surface area contributed by atoms with E-state index in [4.69, 9.17) is 0 Å². The van der Waals surface area contributed by atoms with Crippen LogP contribution < -0.4 is 5.32 Å². The summed E-state index contributed by atoms with van der Waals surface area (Å²) < 4.78 is 4.36. The van der Waals surface area contributed by atoms with Gasteiger partial charge in [0.05, 0.1) is 0 Å². The molecule has 1 fully saturated rings. The van der Waals surface area contributed by atoms with Crippen molar-refractivity contribution in [3.8, 4) is 0 Å². The quantitative estimate of drug-likeness (QED) is 0.747. The Morgan fingerprint density at radius 1 is 1.47 bits per heavy atom. The van der Waals surface area contributed by atoms with Crippen LogP contribution in [0.1, 0.15) is 37.4 Å². The van der Waals surface area contributed by atoms with Gasteiger partial charge in [-0.15, -0.1) is 0 Å². The minimum absolute atomic E-state index is 0.674. The molecule has 1 aromatic rings. The molecule has 1 N–H and O–H groups in total. The lowest BCUT2D eigenvalue weighted by Gasteiger charge is -2.00. The van der Waals surface area contributed by atoms with Crippen LogP contribution in [0.25, 0.3) is 0 Å². The van der Waals surface area contributed by atoms with Crippen LogP contribution >= 0.6 is 23.3 Å². The molecule has 0 aromatic carbocycles. The monoisotopic (exact) mass is 243 g/mol. The first kappa shape index (κ1) is 11.2. The minimum atomic E-state index is 0.674. The number of anilines is 1. The molecule has 2 rings (SSSR count). The van der Waals surface area contributed by atoms with Gasteiger partial charge in [-0.3, -0.25) is 0 Å². The van der Waals surface area contributed by atoms with Crippen molar-refractivity contribution in [1.82, 2.24) is 9.36 Å². The summed E-state index contributed by atoms with van der Waals surface area (Å²) >= 11 is 3.42. The maximum absolute atomic E-state index is 4.48. The first-order chi connectivity index (χ1) is 7.40. The summed E-state index contributed by atoms with van der Waals surface area (Å²) in [4.78, 5) is 4.48. The van der Waals surface area contributed by atoms with Crippen LogP contribution in [0.5, 0.6) is 0 Å². The summed E-state index contributed by atoms with van der Waals surface area (Å²) in [7, 11) is 0. The molecule has 1 aromatic heterocycles. The minimum Gasteiger partial charge on any atom is -0.360 e. The number of nitrogens with one attached hydrogen (secondary N) is 1. The van der Waals surface area contributed by atoms with Gasteiger partial charge in [0.25, 0.3) is 0 Å². The molecule has 0 aliphatic heterocycles. The van der Waals surface area contributed by atoms with E-state index in [9.17, 15) is 0 Å². The summed E-state index contributed by atoms with van der Waals surface area (Å²) in [5.74, 6) is 2.99. The third-order valence-electron chi connectivity index (χ3n) is 2.44. The Morgan fingerprint density at radius 2 is 2.33 bits per heavy atom. The molecule has 0 unspecified atom stereocenters. The van der Waals surface area contributed by atoms with Gasteiger partial charge in [-0.1, -0.05) is 0 Å². The van der Waals surface area contributed by atoms with Crippen molar-refractivity contribution >= 4 is 28.4 Å². The van der Waals surface area contributed by atoms with Gasteiger partial charge in [-0.05, 0) is 37.7 Å². The van der Waals surface area contributed by atoms with Crippen LogP contribution in [0.15, 0.2) is 0 Å². The molecule has 0 amide bonds. The molecule has 0 bridgehead atoms. The van der Waals surface area contributed by atoms with E-state index in [-0.39, 0.29) is 0 Å². The Morgan fingerprint density at radius 3 is 3.07 bits per heavy atom. The number of hydrogen-bond donors (Lipinski definition) is 1. The van der Waals surface area contributed by atoms with Crippen molar-refractivity contribution < 1.29 is 0 Å². The van der Waals surface area contributed by atoms with Crippen molar-refractivity contribution in [2.24, 2.45) is 0 Å². The fourth-order valence-electron chi connectivity index (χ4n) is 1.38. The van der Waals surface area contributed by atoms with E-state index < -0.39 is 0 Å². The number of hydrogen-bond acceptors (Lipinski definition) is 5. The topological polar surface area (TPSA) is 37.8 Å². The van der Waals surface area contributed by atoms with E-state index >= 15 is 0 Å². The van der Waals surface area contributed by atoms with Crippen molar-refractivity contribution in [3.63, 3.8) is 0 Å². The molecule has 84 valence electrons. The highest BCUT2D eigenvalue weighted by molar-refractivity contribution is 7.98. The molecular weight excluding hydrogens is 226 g/mol. The van der Waals surface area contributed by atoms with Gasteiger partial charge in [0, 0.05) is 24.0 Å². The molecule has 0 atom stereocenters. The second-order valence-corrected chi connectivity index (χ2v) is 5.60. The number of thioether (sulfide) groups is 1. The Balaban J connectivity index is 1.64. The first-order valence-electron chi connectivity index (χ1n) is 5.46. The molecular formula is C10H17N3S2. The number of unbranched alkanes of at least 4 members (excludes halogenated alkanes) is 1. The molecule has 5 heteroatoms. The average Bonchev–Trinajstić information content (AvgIpc) is 2.99. The van der Waals surface area contributed by atoms with E-state index in [0.29, 0.717) is 5.92 Å². The highest BCUT2D eigenvalue weighted by atomic mass is 32.2. The van der Waals surface area contributed by atoms with Gasteiger partial charge in [0.15, 0.2) is 0 Å². The standard InChI is InChI=1S/C10H17N3S2/c1-14-7-3-2-6-11-10-12-9(13-15-10)8-4-5-8/h8H,2-7H2,1H3,(H,11,12,13). The second kappa shape index (κ2) is 5.70. The molecule has 3 nitrogen and oxygen atoms in total. The van der Waals surface area contributed by atoms with E-state index in [2.05, 4.69) is 20.9 Å². The smallest absolute Gasteiger partial charge is 0.202 e. The molecule has 1 saturated carbocycles. The van der Waals surface area contributed by atoms with Gasteiger partial charge in [-0.2, -0.15) is 16.1 Å². The van der Waals surface area contributed by atoms with Crippen LogP contribution in [-0.2, 0) is 0 Å². The average molecular weight is 243 g/mol.